The lowest BCUT2D eigenvalue weighted by Crippen LogP contribution is -2.57. The Hall–Kier alpha value is -4.57. The first-order valence-corrected chi connectivity index (χ1v) is 24.0. The molecule has 2 saturated heterocycles. The van der Waals surface area contributed by atoms with Crippen LogP contribution in [0.2, 0.25) is 0 Å². The van der Waals surface area contributed by atoms with E-state index in [0.29, 0.717) is 60.4 Å². The third kappa shape index (κ3) is 9.04. The molecule has 2 aliphatic carbocycles. The number of nitrogens with one attached hydrogen (secondary N) is 2. The largest absolute Gasteiger partial charge is 0.497 e. The van der Waals surface area contributed by atoms with Gasteiger partial charge in [-0.3, -0.25) is 23.9 Å². The number of carbonyl (C=O) groups is 4. The normalized spacial score (nSPS) is 27.0. The molecule has 2 N–H and O–H groups in total. The number of likely N-dealkylation sites (tertiary alicyclic amines) is 1. The van der Waals surface area contributed by atoms with Gasteiger partial charge in [0, 0.05) is 60.7 Å². The van der Waals surface area contributed by atoms with Crippen LogP contribution in [-0.4, -0.2) is 101 Å². The fourth-order valence-electron chi connectivity index (χ4n) is 8.82. The van der Waals surface area contributed by atoms with Crippen LogP contribution in [0.3, 0.4) is 0 Å². The van der Waals surface area contributed by atoms with E-state index in [0.717, 1.165) is 55.6 Å². The van der Waals surface area contributed by atoms with Gasteiger partial charge in [-0.15, -0.1) is 11.3 Å². The Morgan fingerprint density at radius 2 is 1.82 bits per heavy atom. The second kappa shape index (κ2) is 17.4. The molecule has 3 aliphatic heterocycles. The van der Waals surface area contributed by atoms with Gasteiger partial charge in [0.05, 0.1) is 30.1 Å². The lowest BCUT2D eigenvalue weighted by atomic mass is 9.94. The van der Waals surface area contributed by atoms with Gasteiger partial charge in [-0.05, 0) is 75.8 Å². The van der Waals surface area contributed by atoms with Crippen molar-refractivity contribution in [2.24, 2.45) is 11.8 Å². The summed E-state index contributed by atoms with van der Waals surface area (Å²) < 4.78 is 40.5. The predicted octanol–water partition coefficient (Wildman–Crippen LogP) is 5.86. The third-order valence-electron chi connectivity index (χ3n) is 12.7. The molecule has 322 valence electrons. The zero-order chi connectivity index (χ0) is 42.2. The summed E-state index contributed by atoms with van der Waals surface area (Å²) in [7, 11) is -2.30. The van der Waals surface area contributed by atoms with Crippen molar-refractivity contribution in [2.45, 2.75) is 126 Å². The van der Waals surface area contributed by atoms with E-state index in [4.69, 9.17) is 19.4 Å². The maximum Gasteiger partial charge on any atom is 0.259 e. The number of benzene rings is 1. The summed E-state index contributed by atoms with van der Waals surface area (Å²) in [5, 5.41) is 5.80. The summed E-state index contributed by atoms with van der Waals surface area (Å²) >= 11 is 1.49. The van der Waals surface area contributed by atoms with Crippen LogP contribution in [0, 0.1) is 11.8 Å². The number of sulfonamides is 1. The molecule has 14 nitrogen and oxygen atoms in total. The molecule has 4 amide bonds. The fourth-order valence-corrected chi connectivity index (χ4v) is 11.1. The number of piperidine rings is 1. The number of ether oxygens (including phenoxy) is 2. The molecule has 16 heteroatoms. The third-order valence-corrected chi connectivity index (χ3v) is 15.4. The SMILES string of the molecule is COc1ccc2c(O[C@@H]3C[C@H]4C(=O)N[C@]5(C(=O)NS(=O)(=O)C6CC6)C[C@H]5/C=C\CCCCC[C@H](CC(=O)N5CCCCC5)C(=O)N4C3)cc(-c3nc(C(C)C)cs3)nc2c1. The van der Waals surface area contributed by atoms with Crippen molar-refractivity contribution >= 4 is 55.9 Å². The van der Waals surface area contributed by atoms with Crippen molar-refractivity contribution in [3.05, 3.63) is 47.5 Å². The molecular formula is C44H56N6O8S2. The molecule has 0 unspecified atom stereocenters. The van der Waals surface area contributed by atoms with E-state index < -0.39 is 56.6 Å². The highest BCUT2D eigenvalue weighted by atomic mass is 32.2. The lowest BCUT2D eigenvalue weighted by molar-refractivity contribution is -0.145. The predicted molar refractivity (Wildman–Crippen MR) is 228 cm³/mol. The maximum atomic E-state index is 14.9. The highest BCUT2D eigenvalue weighted by Crippen LogP contribution is 2.46. The second-order valence-corrected chi connectivity index (χ2v) is 20.3. The minimum atomic E-state index is -3.89. The highest BCUT2D eigenvalue weighted by Gasteiger charge is 2.62. The number of hydrogen-bond acceptors (Lipinski definition) is 11. The number of nitrogens with zero attached hydrogens (tertiary/aromatic N) is 4. The molecule has 0 radical (unpaired) electrons. The van der Waals surface area contributed by atoms with E-state index in [-0.39, 0.29) is 43.5 Å². The van der Waals surface area contributed by atoms with Crippen molar-refractivity contribution in [3.63, 3.8) is 0 Å². The molecule has 2 aromatic heterocycles. The number of amides is 4. The van der Waals surface area contributed by atoms with E-state index in [9.17, 15) is 27.6 Å². The van der Waals surface area contributed by atoms with Gasteiger partial charge >= 0.3 is 0 Å². The lowest BCUT2D eigenvalue weighted by Gasteiger charge is -2.31. The van der Waals surface area contributed by atoms with Crippen LogP contribution in [0.5, 0.6) is 11.5 Å². The van der Waals surface area contributed by atoms with Gasteiger partial charge in [-0.25, -0.2) is 18.4 Å². The van der Waals surface area contributed by atoms with Crippen LogP contribution >= 0.6 is 11.3 Å². The van der Waals surface area contributed by atoms with E-state index in [1.165, 1.54) is 16.2 Å². The molecule has 60 heavy (non-hydrogen) atoms. The number of methoxy groups -OCH3 is 1. The molecule has 0 bridgehead atoms. The Bertz CT molecular complexity index is 2270. The van der Waals surface area contributed by atoms with Gasteiger partial charge in [0.1, 0.15) is 39.9 Å². The average molecular weight is 861 g/mol. The summed E-state index contributed by atoms with van der Waals surface area (Å²) in [5.74, 6) is -1.37. The number of pyridine rings is 1. The van der Waals surface area contributed by atoms with Crippen molar-refractivity contribution in [1.29, 1.82) is 0 Å². The summed E-state index contributed by atoms with van der Waals surface area (Å²) in [5.41, 5.74) is 0.712. The van der Waals surface area contributed by atoms with Crippen LogP contribution in [0.4, 0.5) is 0 Å². The molecule has 5 aliphatic rings. The number of fused-ring (bicyclic) bond motifs is 3. The molecule has 4 fully saturated rings. The topological polar surface area (TPSA) is 177 Å². The molecule has 3 aromatic rings. The van der Waals surface area contributed by atoms with Crippen molar-refractivity contribution in [1.82, 2.24) is 29.8 Å². The number of rotatable bonds is 10. The van der Waals surface area contributed by atoms with Crippen molar-refractivity contribution < 1.29 is 37.1 Å². The van der Waals surface area contributed by atoms with Gasteiger partial charge in [0.15, 0.2) is 0 Å². The van der Waals surface area contributed by atoms with Gasteiger partial charge in [0.2, 0.25) is 27.7 Å². The Kier molecular flexibility index (Phi) is 12.2. The molecule has 0 spiro atoms. The van der Waals surface area contributed by atoms with Crippen LogP contribution in [0.25, 0.3) is 21.6 Å². The Balaban J connectivity index is 1.13. The molecule has 1 aromatic carbocycles. The standard InChI is InChI=1S/C44H56N6O8S2/c1-27(2)36-26-59-41(46-36)35-23-38(33-17-14-30(57-3)21-34(33)45-35)58-31-22-37-40(52)47-44(43(54)48-60(55,56)32-15-16-32)24-29(44)13-9-6-4-5-8-12-28(42(53)50(37)25-31)20-39(51)49-18-10-7-11-19-49/h9,13-14,17,21,23,26-29,31-32,37H,4-8,10-12,15-16,18-20,22,24-25H2,1-3H3,(H,47,52)(H,48,54)/b13-9-/t28-,29-,31-,37+,44-/m1/s1. The van der Waals surface area contributed by atoms with E-state index >= 15 is 0 Å². The number of carbonyl (C=O) groups excluding carboxylic acids is 4. The van der Waals surface area contributed by atoms with E-state index in [2.05, 4.69) is 23.9 Å². The first-order chi connectivity index (χ1) is 28.8. The number of aromatic nitrogens is 2. The Labute approximate surface area is 355 Å². The van der Waals surface area contributed by atoms with E-state index in [1.54, 1.807) is 7.11 Å². The van der Waals surface area contributed by atoms with Crippen LogP contribution < -0.4 is 19.5 Å². The molecule has 2 saturated carbocycles. The van der Waals surface area contributed by atoms with Crippen LogP contribution in [0.15, 0.2) is 41.8 Å². The first-order valence-electron chi connectivity index (χ1n) is 21.6. The van der Waals surface area contributed by atoms with Gasteiger partial charge in [-0.2, -0.15) is 0 Å². The number of thiazole rings is 1. The van der Waals surface area contributed by atoms with Crippen molar-refractivity contribution in [3.8, 4) is 22.2 Å². The van der Waals surface area contributed by atoms with Crippen molar-refractivity contribution in [2.75, 3.05) is 26.7 Å². The second-order valence-electron chi connectivity index (χ2n) is 17.5. The van der Waals surface area contributed by atoms with Crippen LogP contribution in [0.1, 0.15) is 109 Å². The smallest absolute Gasteiger partial charge is 0.259 e. The van der Waals surface area contributed by atoms with Crippen LogP contribution in [-0.2, 0) is 29.2 Å². The zero-order valence-electron chi connectivity index (χ0n) is 34.7. The zero-order valence-corrected chi connectivity index (χ0v) is 36.3. The number of allylic oxidation sites excluding steroid dienone is 1. The quantitative estimate of drug-likeness (QED) is 0.235. The van der Waals surface area contributed by atoms with Gasteiger partial charge in [0.25, 0.3) is 5.91 Å². The van der Waals surface area contributed by atoms with Gasteiger partial charge in [-0.1, -0.05) is 38.8 Å². The summed E-state index contributed by atoms with van der Waals surface area (Å²) in [6.07, 6.45) is 11.2. The molecular weight excluding hydrogens is 805 g/mol. The Morgan fingerprint density at radius 3 is 2.55 bits per heavy atom. The summed E-state index contributed by atoms with van der Waals surface area (Å²) in [6.45, 7) is 5.57. The average Bonchev–Trinajstić information content (AvgIpc) is 4.11. The maximum absolute atomic E-state index is 14.9. The minimum Gasteiger partial charge on any atom is -0.497 e. The number of hydrogen-bond donors (Lipinski definition) is 2. The Morgan fingerprint density at radius 1 is 1.03 bits per heavy atom. The first kappa shape index (κ1) is 42.1. The monoisotopic (exact) mass is 860 g/mol. The highest BCUT2D eigenvalue weighted by molar-refractivity contribution is 7.91. The minimum absolute atomic E-state index is 0.0505. The molecule has 5 atom stereocenters. The molecule has 8 rings (SSSR count). The molecule has 5 heterocycles. The van der Waals surface area contributed by atoms with Gasteiger partial charge < -0.3 is 24.6 Å². The summed E-state index contributed by atoms with van der Waals surface area (Å²) in [4.78, 5) is 70.3. The fraction of sp³-hybridized carbons (Fsp3) is 0.591. The van der Waals surface area contributed by atoms with E-state index in [1.807, 2.05) is 46.7 Å². The summed E-state index contributed by atoms with van der Waals surface area (Å²) in [6, 6.07) is 6.32.